The van der Waals surface area contributed by atoms with Gasteiger partial charge in [0.05, 0.1) is 5.56 Å². The summed E-state index contributed by atoms with van der Waals surface area (Å²) >= 11 is 0. The van der Waals surface area contributed by atoms with E-state index in [2.05, 4.69) is 4.98 Å². The maximum Gasteiger partial charge on any atom is 0.256 e. The number of carbonyl (C=O) groups is 1. The first-order valence-corrected chi connectivity index (χ1v) is 7.09. The van der Waals surface area contributed by atoms with Crippen LogP contribution in [0.2, 0.25) is 0 Å². The molecule has 0 saturated heterocycles. The van der Waals surface area contributed by atoms with Gasteiger partial charge in [0.2, 0.25) is 0 Å². The third kappa shape index (κ3) is 2.11. The highest BCUT2D eigenvalue weighted by Gasteiger charge is 2.25. The molecule has 1 aliphatic carbocycles. The zero-order valence-electron chi connectivity index (χ0n) is 11.7. The molecular formula is C16H19N3O. The smallest absolute Gasteiger partial charge is 0.256 e. The lowest BCUT2D eigenvalue weighted by atomic mass is 10.1. The number of hydrogen-bond acceptors (Lipinski definition) is 3. The Kier molecular flexibility index (Phi) is 3.30. The van der Waals surface area contributed by atoms with Gasteiger partial charge in [-0.25, -0.2) is 4.98 Å². The lowest BCUT2D eigenvalue weighted by molar-refractivity contribution is 0.0737. The van der Waals surface area contributed by atoms with Gasteiger partial charge >= 0.3 is 0 Å². The largest absolute Gasteiger partial charge is 0.383 e. The van der Waals surface area contributed by atoms with Gasteiger partial charge in [-0.3, -0.25) is 4.79 Å². The van der Waals surface area contributed by atoms with Crippen molar-refractivity contribution in [2.75, 3.05) is 12.8 Å². The number of anilines is 1. The average Bonchev–Trinajstić information content (AvgIpc) is 3.01. The summed E-state index contributed by atoms with van der Waals surface area (Å²) in [5, 5.41) is 1.73. The van der Waals surface area contributed by atoms with Crippen LogP contribution in [0.5, 0.6) is 0 Å². The van der Waals surface area contributed by atoms with Crippen LogP contribution in [-0.4, -0.2) is 28.9 Å². The lowest BCUT2D eigenvalue weighted by Gasteiger charge is -2.24. The number of pyridine rings is 1. The highest BCUT2D eigenvalue weighted by atomic mass is 16.2. The van der Waals surface area contributed by atoms with Gasteiger partial charge in [0.15, 0.2) is 0 Å². The fourth-order valence-electron chi connectivity index (χ4n) is 3.03. The highest BCUT2D eigenvalue weighted by molar-refractivity contribution is 6.08. The Balaban J connectivity index is 2.01. The molecule has 2 N–H and O–H groups in total. The molecule has 1 fully saturated rings. The number of aromatic nitrogens is 1. The summed E-state index contributed by atoms with van der Waals surface area (Å²) in [4.78, 5) is 18.7. The third-order valence-corrected chi connectivity index (χ3v) is 4.25. The minimum atomic E-state index is 0.0422. The lowest BCUT2D eigenvalue weighted by Crippen LogP contribution is -2.35. The van der Waals surface area contributed by atoms with Crippen molar-refractivity contribution in [2.24, 2.45) is 0 Å². The molecule has 0 radical (unpaired) electrons. The molecule has 0 unspecified atom stereocenters. The minimum Gasteiger partial charge on any atom is -0.383 e. The summed E-state index contributed by atoms with van der Waals surface area (Å²) in [5.74, 6) is 0.515. The van der Waals surface area contributed by atoms with Crippen molar-refractivity contribution in [2.45, 2.75) is 31.7 Å². The third-order valence-electron chi connectivity index (χ3n) is 4.25. The maximum atomic E-state index is 12.7. The molecule has 1 aromatic carbocycles. The first-order chi connectivity index (χ1) is 9.68. The molecule has 0 atom stereocenters. The molecule has 1 aliphatic rings. The zero-order valence-corrected chi connectivity index (χ0v) is 11.7. The predicted molar refractivity (Wildman–Crippen MR) is 80.5 cm³/mol. The van der Waals surface area contributed by atoms with Crippen molar-refractivity contribution in [1.82, 2.24) is 9.88 Å². The van der Waals surface area contributed by atoms with E-state index < -0.39 is 0 Å². The van der Waals surface area contributed by atoms with Crippen molar-refractivity contribution < 1.29 is 4.79 Å². The van der Waals surface area contributed by atoms with Crippen LogP contribution in [0.25, 0.3) is 10.8 Å². The van der Waals surface area contributed by atoms with Crippen LogP contribution in [0.1, 0.15) is 36.0 Å². The number of nitrogens with two attached hydrogens (primary N) is 1. The Labute approximate surface area is 118 Å². The number of hydrogen-bond donors (Lipinski definition) is 1. The number of nitrogens with zero attached hydrogens (tertiary/aromatic N) is 2. The van der Waals surface area contributed by atoms with Crippen LogP contribution in [0, 0.1) is 0 Å². The standard InChI is InChI=1S/C16H19N3O/c1-19(11-6-2-3-7-11)16(20)14-10-18-15(17)13-9-5-4-8-12(13)14/h4-5,8-11H,2-3,6-7H2,1H3,(H2,17,18). The van der Waals surface area contributed by atoms with Gasteiger partial charge in [-0.2, -0.15) is 0 Å². The predicted octanol–water partition coefficient (Wildman–Crippen LogP) is 2.83. The molecule has 1 aromatic heterocycles. The van der Waals surface area contributed by atoms with Gasteiger partial charge in [-0.05, 0) is 18.2 Å². The van der Waals surface area contributed by atoms with E-state index in [-0.39, 0.29) is 5.91 Å². The number of nitrogen functional groups attached to an aromatic ring is 1. The fourth-order valence-corrected chi connectivity index (χ4v) is 3.03. The zero-order chi connectivity index (χ0) is 14.1. The Bertz CT molecular complexity index is 647. The average molecular weight is 269 g/mol. The van der Waals surface area contributed by atoms with Gasteiger partial charge in [-0.15, -0.1) is 0 Å². The van der Waals surface area contributed by atoms with E-state index in [1.165, 1.54) is 12.8 Å². The Morgan fingerprint density at radius 3 is 2.60 bits per heavy atom. The number of rotatable bonds is 2. The van der Waals surface area contributed by atoms with E-state index in [1.54, 1.807) is 6.20 Å². The molecular weight excluding hydrogens is 250 g/mol. The van der Waals surface area contributed by atoms with Crippen LogP contribution in [-0.2, 0) is 0 Å². The molecule has 4 heteroatoms. The second-order valence-electron chi connectivity index (χ2n) is 5.46. The molecule has 0 aliphatic heterocycles. The summed E-state index contributed by atoms with van der Waals surface area (Å²) in [7, 11) is 1.89. The number of carbonyl (C=O) groups excluding carboxylic acids is 1. The first-order valence-electron chi connectivity index (χ1n) is 7.09. The Hall–Kier alpha value is -2.10. The summed E-state index contributed by atoms with van der Waals surface area (Å²) in [6.07, 6.45) is 6.22. The van der Waals surface area contributed by atoms with Gasteiger partial charge in [0.1, 0.15) is 5.82 Å². The molecule has 0 bridgehead atoms. The SMILES string of the molecule is CN(C(=O)c1cnc(N)c2ccccc12)C1CCCC1. The minimum absolute atomic E-state index is 0.0422. The molecule has 4 nitrogen and oxygen atoms in total. The highest BCUT2D eigenvalue weighted by Crippen LogP contribution is 2.27. The van der Waals surface area contributed by atoms with Crippen molar-refractivity contribution in [3.8, 4) is 0 Å². The van der Waals surface area contributed by atoms with E-state index in [9.17, 15) is 4.79 Å². The molecule has 3 rings (SSSR count). The topological polar surface area (TPSA) is 59.2 Å². The summed E-state index contributed by atoms with van der Waals surface area (Å²) in [6.45, 7) is 0. The van der Waals surface area contributed by atoms with Crippen molar-refractivity contribution >= 4 is 22.5 Å². The van der Waals surface area contributed by atoms with Crippen molar-refractivity contribution in [3.05, 3.63) is 36.0 Å². The molecule has 1 heterocycles. The summed E-state index contributed by atoms with van der Waals surface area (Å²) in [5.41, 5.74) is 6.53. The van der Waals surface area contributed by atoms with Crippen LogP contribution in [0.4, 0.5) is 5.82 Å². The molecule has 0 spiro atoms. The number of benzene rings is 1. The fraction of sp³-hybridized carbons (Fsp3) is 0.375. The van der Waals surface area contributed by atoms with Crippen LogP contribution >= 0.6 is 0 Å². The van der Waals surface area contributed by atoms with E-state index in [0.29, 0.717) is 17.4 Å². The van der Waals surface area contributed by atoms with Gasteiger partial charge in [-0.1, -0.05) is 37.1 Å². The second kappa shape index (κ2) is 5.12. The van der Waals surface area contributed by atoms with E-state index >= 15 is 0 Å². The molecule has 104 valence electrons. The van der Waals surface area contributed by atoms with Crippen LogP contribution < -0.4 is 5.73 Å². The maximum absolute atomic E-state index is 12.7. The van der Waals surface area contributed by atoms with Gasteiger partial charge < -0.3 is 10.6 Å². The first kappa shape index (κ1) is 12.9. The normalized spacial score (nSPS) is 15.7. The van der Waals surface area contributed by atoms with Crippen molar-refractivity contribution in [3.63, 3.8) is 0 Å². The van der Waals surface area contributed by atoms with E-state index in [1.807, 2.05) is 36.2 Å². The Morgan fingerprint density at radius 2 is 1.90 bits per heavy atom. The van der Waals surface area contributed by atoms with Crippen LogP contribution in [0.3, 0.4) is 0 Å². The van der Waals surface area contributed by atoms with Crippen molar-refractivity contribution in [1.29, 1.82) is 0 Å². The monoisotopic (exact) mass is 269 g/mol. The van der Waals surface area contributed by atoms with E-state index in [0.717, 1.165) is 23.6 Å². The molecule has 1 saturated carbocycles. The summed E-state index contributed by atoms with van der Waals surface area (Å²) in [6, 6.07) is 8.04. The molecule has 1 amide bonds. The van der Waals surface area contributed by atoms with E-state index in [4.69, 9.17) is 5.73 Å². The van der Waals surface area contributed by atoms with Gasteiger partial charge in [0, 0.05) is 24.7 Å². The quantitative estimate of drug-likeness (QED) is 0.912. The molecule has 20 heavy (non-hydrogen) atoms. The van der Waals surface area contributed by atoms with Crippen LogP contribution in [0.15, 0.2) is 30.5 Å². The molecule has 2 aromatic rings. The second-order valence-corrected chi connectivity index (χ2v) is 5.46. The number of fused-ring (bicyclic) bond motifs is 1. The Morgan fingerprint density at radius 1 is 1.25 bits per heavy atom. The number of amides is 1. The summed E-state index contributed by atoms with van der Waals surface area (Å²) < 4.78 is 0. The van der Waals surface area contributed by atoms with Gasteiger partial charge in [0.25, 0.3) is 5.91 Å².